The van der Waals surface area contributed by atoms with Gasteiger partial charge < -0.3 is 19.0 Å². The van der Waals surface area contributed by atoms with Gasteiger partial charge in [0.1, 0.15) is 6.26 Å². The molecule has 0 spiro atoms. The molecule has 0 aliphatic rings. The largest absolute Gasteiger partial charge is 0.493 e. The fourth-order valence-electron chi connectivity index (χ4n) is 1.05. The van der Waals surface area contributed by atoms with E-state index in [1.165, 1.54) is 20.5 Å². The minimum Gasteiger partial charge on any atom is -0.493 e. The summed E-state index contributed by atoms with van der Waals surface area (Å²) in [6, 6.07) is 1.60. The molecule has 0 fully saturated rings. The van der Waals surface area contributed by atoms with Crippen LogP contribution in [0.3, 0.4) is 0 Å². The lowest BCUT2D eigenvalue weighted by Crippen LogP contribution is -2.26. The zero-order valence-corrected chi connectivity index (χ0v) is 8.03. The van der Waals surface area contributed by atoms with Crippen LogP contribution in [-0.2, 0) is 10.5 Å². The maximum absolute atomic E-state index is 9.84. The molecule has 1 atom stereocenters. The summed E-state index contributed by atoms with van der Waals surface area (Å²) >= 11 is 0. The third-order valence-corrected chi connectivity index (χ3v) is 2.01. The lowest BCUT2D eigenvalue weighted by Gasteiger charge is -2.21. The van der Waals surface area contributed by atoms with Crippen molar-refractivity contribution in [1.82, 2.24) is 0 Å². The molecule has 1 rings (SSSR count). The van der Waals surface area contributed by atoms with Gasteiger partial charge >= 0.3 is 0 Å². The van der Waals surface area contributed by atoms with E-state index in [-0.39, 0.29) is 0 Å². The number of rotatable bonds is 4. The SMILES string of the molecule is CCC(O)(OC)c1cc(OC)co1. The van der Waals surface area contributed by atoms with Crippen LogP contribution in [0.25, 0.3) is 0 Å². The van der Waals surface area contributed by atoms with Gasteiger partial charge in [-0.3, -0.25) is 0 Å². The zero-order chi connectivity index (χ0) is 9.90. The van der Waals surface area contributed by atoms with E-state index in [1.807, 2.05) is 0 Å². The molecule has 0 aromatic carbocycles. The van der Waals surface area contributed by atoms with Crippen molar-refractivity contribution in [2.24, 2.45) is 0 Å². The summed E-state index contributed by atoms with van der Waals surface area (Å²) in [6.45, 7) is 1.80. The van der Waals surface area contributed by atoms with Crippen LogP contribution < -0.4 is 4.74 Å². The van der Waals surface area contributed by atoms with Crippen LogP contribution in [0.15, 0.2) is 16.7 Å². The summed E-state index contributed by atoms with van der Waals surface area (Å²) < 4.78 is 15.0. The topological polar surface area (TPSA) is 51.8 Å². The maximum atomic E-state index is 9.84. The Bertz CT molecular complexity index is 262. The van der Waals surface area contributed by atoms with Crippen molar-refractivity contribution in [3.05, 3.63) is 18.1 Å². The fourth-order valence-corrected chi connectivity index (χ4v) is 1.05. The summed E-state index contributed by atoms with van der Waals surface area (Å²) in [5, 5.41) is 9.84. The molecular weight excluding hydrogens is 172 g/mol. The Morgan fingerprint density at radius 3 is 2.62 bits per heavy atom. The van der Waals surface area contributed by atoms with Gasteiger partial charge in [0.15, 0.2) is 11.5 Å². The third kappa shape index (κ3) is 1.84. The van der Waals surface area contributed by atoms with Gasteiger partial charge in [0, 0.05) is 19.6 Å². The summed E-state index contributed by atoms with van der Waals surface area (Å²) in [6.07, 6.45) is 1.84. The van der Waals surface area contributed by atoms with Crippen molar-refractivity contribution < 1.29 is 19.0 Å². The van der Waals surface area contributed by atoms with Crippen molar-refractivity contribution in [2.45, 2.75) is 19.1 Å². The highest BCUT2D eigenvalue weighted by Crippen LogP contribution is 2.29. The van der Waals surface area contributed by atoms with E-state index >= 15 is 0 Å². The molecule has 13 heavy (non-hydrogen) atoms. The van der Waals surface area contributed by atoms with Crippen molar-refractivity contribution in [2.75, 3.05) is 14.2 Å². The average molecular weight is 186 g/mol. The second kappa shape index (κ2) is 3.81. The lowest BCUT2D eigenvalue weighted by molar-refractivity contribution is -0.207. The van der Waals surface area contributed by atoms with E-state index < -0.39 is 5.79 Å². The van der Waals surface area contributed by atoms with Gasteiger partial charge in [-0.15, -0.1) is 0 Å². The molecule has 4 heteroatoms. The van der Waals surface area contributed by atoms with Crippen molar-refractivity contribution in [3.8, 4) is 5.75 Å². The molecule has 1 aromatic rings. The Hall–Kier alpha value is -1.00. The molecule has 0 bridgehead atoms. The van der Waals surface area contributed by atoms with Crippen LogP contribution in [0, 0.1) is 0 Å². The van der Waals surface area contributed by atoms with Crippen molar-refractivity contribution in [1.29, 1.82) is 0 Å². The predicted octanol–water partition coefficient (Wildman–Crippen LogP) is 1.49. The molecule has 1 heterocycles. The van der Waals surface area contributed by atoms with E-state index in [9.17, 15) is 5.11 Å². The Labute approximate surface area is 77.1 Å². The first kappa shape index (κ1) is 10.1. The van der Waals surface area contributed by atoms with Gasteiger partial charge in [0.05, 0.1) is 7.11 Å². The van der Waals surface area contributed by atoms with Crippen LogP contribution in [0.5, 0.6) is 5.75 Å². The monoisotopic (exact) mass is 186 g/mol. The molecule has 1 unspecified atom stereocenters. The summed E-state index contributed by atoms with van der Waals surface area (Å²) in [4.78, 5) is 0. The number of ether oxygens (including phenoxy) is 2. The van der Waals surface area contributed by atoms with Gasteiger partial charge in [0.2, 0.25) is 5.79 Å². The summed E-state index contributed by atoms with van der Waals surface area (Å²) in [5.41, 5.74) is 0. The van der Waals surface area contributed by atoms with Crippen LogP contribution >= 0.6 is 0 Å². The van der Waals surface area contributed by atoms with E-state index in [4.69, 9.17) is 13.9 Å². The smallest absolute Gasteiger partial charge is 0.225 e. The maximum Gasteiger partial charge on any atom is 0.225 e. The molecule has 1 N–H and O–H groups in total. The molecule has 1 aromatic heterocycles. The molecule has 4 nitrogen and oxygen atoms in total. The number of hydrogen-bond donors (Lipinski definition) is 1. The standard InChI is InChI=1S/C9H14O4/c1-4-9(10,12-3)8-5-7(11-2)6-13-8/h5-6,10H,4H2,1-3H3. The Balaban J connectivity index is 2.91. The van der Waals surface area contributed by atoms with Crippen LogP contribution in [0.1, 0.15) is 19.1 Å². The number of methoxy groups -OCH3 is 2. The highest BCUT2D eigenvalue weighted by Gasteiger charge is 2.30. The minimum atomic E-state index is -1.35. The fraction of sp³-hybridized carbons (Fsp3) is 0.556. The van der Waals surface area contributed by atoms with Gasteiger partial charge in [-0.05, 0) is 0 Å². The number of aliphatic hydroxyl groups is 1. The quantitative estimate of drug-likeness (QED) is 0.724. The first-order chi connectivity index (χ1) is 6.16. The van der Waals surface area contributed by atoms with Gasteiger partial charge in [0.25, 0.3) is 0 Å². The molecule has 0 saturated heterocycles. The Kier molecular flexibility index (Phi) is 2.95. The predicted molar refractivity (Wildman–Crippen MR) is 46.5 cm³/mol. The number of hydrogen-bond acceptors (Lipinski definition) is 4. The zero-order valence-electron chi connectivity index (χ0n) is 8.03. The van der Waals surface area contributed by atoms with Crippen LogP contribution in [0.2, 0.25) is 0 Å². The normalized spacial score (nSPS) is 15.4. The van der Waals surface area contributed by atoms with Crippen LogP contribution in [0.4, 0.5) is 0 Å². The molecule has 0 amide bonds. The van der Waals surface area contributed by atoms with Crippen molar-refractivity contribution in [3.63, 3.8) is 0 Å². The van der Waals surface area contributed by atoms with Gasteiger partial charge in [-0.25, -0.2) is 0 Å². The van der Waals surface area contributed by atoms with E-state index in [0.29, 0.717) is 17.9 Å². The number of furan rings is 1. The van der Waals surface area contributed by atoms with Crippen LogP contribution in [-0.4, -0.2) is 19.3 Å². The third-order valence-electron chi connectivity index (χ3n) is 2.01. The van der Waals surface area contributed by atoms with Gasteiger partial charge in [-0.1, -0.05) is 6.92 Å². The van der Waals surface area contributed by atoms with Gasteiger partial charge in [-0.2, -0.15) is 0 Å². The minimum absolute atomic E-state index is 0.356. The second-order valence-electron chi connectivity index (χ2n) is 2.69. The first-order valence-electron chi connectivity index (χ1n) is 4.06. The molecule has 0 saturated carbocycles. The second-order valence-corrected chi connectivity index (χ2v) is 2.69. The Morgan fingerprint density at radius 1 is 1.54 bits per heavy atom. The van der Waals surface area contributed by atoms with Crippen molar-refractivity contribution >= 4 is 0 Å². The average Bonchev–Trinajstić information content (AvgIpc) is 2.65. The van der Waals surface area contributed by atoms with E-state index in [1.54, 1.807) is 13.0 Å². The Morgan fingerprint density at radius 2 is 2.23 bits per heavy atom. The molecule has 74 valence electrons. The highest BCUT2D eigenvalue weighted by atomic mass is 16.6. The summed E-state index contributed by atoms with van der Waals surface area (Å²) in [7, 11) is 2.96. The highest BCUT2D eigenvalue weighted by molar-refractivity contribution is 5.21. The molecule has 0 aliphatic carbocycles. The summed E-state index contributed by atoms with van der Waals surface area (Å²) in [5.74, 6) is -0.426. The first-order valence-corrected chi connectivity index (χ1v) is 4.06. The molecule has 0 radical (unpaired) electrons. The molecule has 0 aliphatic heterocycles. The van der Waals surface area contributed by atoms with E-state index in [2.05, 4.69) is 0 Å². The molecular formula is C9H14O4. The lowest BCUT2D eigenvalue weighted by atomic mass is 10.1. The van der Waals surface area contributed by atoms with E-state index in [0.717, 1.165) is 0 Å².